The van der Waals surface area contributed by atoms with E-state index < -0.39 is 23.5 Å². The van der Waals surface area contributed by atoms with Crippen molar-refractivity contribution in [2.75, 3.05) is 59.6 Å². The lowest BCUT2D eigenvalue weighted by Gasteiger charge is -2.39. The summed E-state index contributed by atoms with van der Waals surface area (Å²) in [7, 11) is 1.68. The van der Waals surface area contributed by atoms with Crippen LogP contribution in [0.15, 0.2) is 42.5 Å². The molecule has 2 N–H and O–H groups in total. The van der Waals surface area contributed by atoms with Gasteiger partial charge in [-0.05, 0) is 48.9 Å². The summed E-state index contributed by atoms with van der Waals surface area (Å²) in [5.41, 5.74) is 1.19. The van der Waals surface area contributed by atoms with Gasteiger partial charge in [0.25, 0.3) is 5.91 Å². The maximum atomic E-state index is 13.6. The van der Waals surface area contributed by atoms with Crippen molar-refractivity contribution < 1.29 is 27.8 Å². The van der Waals surface area contributed by atoms with Crippen LogP contribution in [0.3, 0.4) is 0 Å². The number of ether oxygens (including phenoxy) is 2. The number of rotatable bonds is 10. The van der Waals surface area contributed by atoms with Crippen molar-refractivity contribution >= 4 is 11.8 Å². The molecule has 2 unspecified atom stereocenters. The van der Waals surface area contributed by atoms with Crippen molar-refractivity contribution in [2.45, 2.75) is 25.4 Å². The summed E-state index contributed by atoms with van der Waals surface area (Å²) < 4.78 is 37.7. The molecule has 4 rings (SSSR count). The Morgan fingerprint density at radius 3 is 2.63 bits per heavy atom. The second-order valence-corrected chi connectivity index (χ2v) is 9.75. The summed E-state index contributed by atoms with van der Waals surface area (Å²) in [4.78, 5) is 30.3. The van der Waals surface area contributed by atoms with E-state index in [-0.39, 0.29) is 17.5 Å². The molecular weight excluding hydrogens is 494 g/mol. The average Bonchev–Trinajstić information content (AvgIpc) is 2.93. The lowest BCUT2D eigenvalue weighted by molar-refractivity contribution is -0.138. The van der Waals surface area contributed by atoms with Gasteiger partial charge in [0, 0.05) is 71.0 Å². The minimum Gasteiger partial charge on any atom is -0.493 e. The number of piperidine rings is 1. The molecule has 0 aliphatic carbocycles. The summed E-state index contributed by atoms with van der Waals surface area (Å²) in [5.74, 6) is -2.17. The van der Waals surface area contributed by atoms with Crippen molar-refractivity contribution in [3.05, 3.63) is 65.2 Å². The highest BCUT2D eigenvalue weighted by atomic mass is 19.2. The summed E-state index contributed by atoms with van der Waals surface area (Å²) in [6.45, 7) is 5.87. The minimum absolute atomic E-state index is 0.00103. The standard InChI is InChI=1S/C28H36F2N4O4/c1-37-14-3-15-38-22-5-2-4-20(16-22)19-33-10-12-34(13-11-33)28(36)23-18-31-9-8-26(23)32-27(35)21-6-7-24(29)25(30)17-21/h2,4-7,16-17,23,26,31H,3,8-15,18-19H2,1H3,(H,32,35). The molecule has 8 nitrogen and oxygen atoms in total. The van der Waals surface area contributed by atoms with Crippen LogP contribution in [0.1, 0.15) is 28.8 Å². The molecule has 0 spiro atoms. The van der Waals surface area contributed by atoms with E-state index in [0.29, 0.717) is 45.8 Å². The van der Waals surface area contributed by atoms with E-state index in [1.54, 1.807) is 7.11 Å². The molecule has 2 aliphatic heterocycles. The number of amides is 2. The molecule has 206 valence electrons. The van der Waals surface area contributed by atoms with E-state index in [4.69, 9.17) is 9.47 Å². The molecule has 2 fully saturated rings. The van der Waals surface area contributed by atoms with Gasteiger partial charge < -0.3 is 25.0 Å². The lowest BCUT2D eigenvalue weighted by Crippen LogP contribution is -2.58. The fraction of sp³-hybridized carbons (Fsp3) is 0.500. The smallest absolute Gasteiger partial charge is 0.251 e. The molecule has 0 aromatic heterocycles. The van der Waals surface area contributed by atoms with Gasteiger partial charge in [0.15, 0.2) is 11.6 Å². The number of nitrogens with one attached hydrogen (secondary N) is 2. The molecule has 2 saturated heterocycles. The van der Waals surface area contributed by atoms with Crippen LogP contribution in [0.4, 0.5) is 8.78 Å². The van der Waals surface area contributed by atoms with Crippen LogP contribution >= 0.6 is 0 Å². The quantitative estimate of drug-likeness (QED) is 0.460. The zero-order valence-electron chi connectivity index (χ0n) is 21.8. The molecule has 2 aromatic carbocycles. The van der Waals surface area contributed by atoms with Crippen molar-refractivity contribution in [3.63, 3.8) is 0 Å². The number of carbonyl (C=O) groups excluding carboxylic acids is 2. The first-order chi connectivity index (χ1) is 18.4. The summed E-state index contributed by atoms with van der Waals surface area (Å²) in [6, 6.07) is 10.7. The van der Waals surface area contributed by atoms with E-state index in [0.717, 1.165) is 49.5 Å². The van der Waals surface area contributed by atoms with Crippen LogP contribution in [0.2, 0.25) is 0 Å². The molecule has 38 heavy (non-hydrogen) atoms. The monoisotopic (exact) mass is 530 g/mol. The minimum atomic E-state index is -1.07. The molecule has 2 amide bonds. The van der Waals surface area contributed by atoms with E-state index >= 15 is 0 Å². The Morgan fingerprint density at radius 2 is 1.87 bits per heavy atom. The molecule has 0 saturated carbocycles. The molecule has 2 heterocycles. The Labute approximate surface area is 222 Å². The van der Waals surface area contributed by atoms with Gasteiger partial charge in [0.2, 0.25) is 5.91 Å². The second kappa shape index (κ2) is 13.6. The highest BCUT2D eigenvalue weighted by Gasteiger charge is 2.36. The third kappa shape index (κ3) is 7.49. The van der Waals surface area contributed by atoms with E-state index in [9.17, 15) is 18.4 Å². The number of methoxy groups -OCH3 is 1. The molecule has 0 bridgehead atoms. The Morgan fingerprint density at radius 1 is 1.05 bits per heavy atom. The number of halogens is 2. The van der Waals surface area contributed by atoms with Crippen molar-refractivity contribution in [1.82, 2.24) is 20.4 Å². The Kier molecular flexibility index (Phi) is 10.0. The van der Waals surface area contributed by atoms with Crippen LogP contribution in [0.5, 0.6) is 5.75 Å². The zero-order chi connectivity index (χ0) is 26.9. The first kappa shape index (κ1) is 27.9. The van der Waals surface area contributed by atoms with Crippen LogP contribution < -0.4 is 15.4 Å². The van der Waals surface area contributed by atoms with Gasteiger partial charge in [-0.1, -0.05) is 12.1 Å². The predicted molar refractivity (Wildman–Crippen MR) is 139 cm³/mol. The first-order valence-electron chi connectivity index (χ1n) is 13.1. The van der Waals surface area contributed by atoms with Crippen LogP contribution in [0, 0.1) is 17.6 Å². The molecule has 2 aliphatic rings. The molecule has 0 radical (unpaired) electrons. The number of hydrogen-bond acceptors (Lipinski definition) is 6. The third-order valence-corrected chi connectivity index (χ3v) is 7.05. The van der Waals surface area contributed by atoms with Crippen molar-refractivity contribution in [3.8, 4) is 5.75 Å². The van der Waals surface area contributed by atoms with Gasteiger partial charge in [-0.25, -0.2) is 8.78 Å². The highest BCUT2D eigenvalue weighted by Crippen LogP contribution is 2.20. The Hall–Kier alpha value is -3.08. The molecular formula is C28H36F2N4O4. The number of nitrogens with zero attached hydrogens (tertiary/aromatic N) is 2. The van der Waals surface area contributed by atoms with E-state index in [1.165, 1.54) is 6.07 Å². The van der Waals surface area contributed by atoms with Crippen LogP contribution in [0.25, 0.3) is 0 Å². The Balaban J connectivity index is 1.28. The number of carbonyl (C=O) groups is 2. The topological polar surface area (TPSA) is 83.1 Å². The zero-order valence-corrected chi connectivity index (χ0v) is 21.8. The largest absolute Gasteiger partial charge is 0.493 e. The average molecular weight is 531 g/mol. The highest BCUT2D eigenvalue weighted by molar-refractivity contribution is 5.95. The number of piperazine rings is 1. The lowest BCUT2D eigenvalue weighted by atomic mass is 9.91. The normalized spacial score (nSPS) is 20.2. The second-order valence-electron chi connectivity index (χ2n) is 9.75. The van der Waals surface area contributed by atoms with E-state index in [2.05, 4.69) is 27.7 Å². The summed E-state index contributed by atoms with van der Waals surface area (Å²) in [5, 5.41) is 6.12. The molecule has 2 aromatic rings. The summed E-state index contributed by atoms with van der Waals surface area (Å²) >= 11 is 0. The fourth-order valence-electron chi connectivity index (χ4n) is 4.93. The van der Waals surface area contributed by atoms with Gasteiger partial charge in [0.1, 0.15) is 5.75 Å². The van der Waals surface area contributed by atoms with Gasteiger partial charge in [0.05, 0.1) is 12.5 Å². The van der Waals surface area contributed by atoms with Crippen molar-refractivity contribution in [2.24, 2.45) is 5.92 Å². The van der Waals surface area contributed by atoms with Crippen LogP contribution in [-0.4, -0.2) is 87.2 Å². The van der Waals surface area contributed by atoms with Gasteiger partial charge >= 0.3 is 0 Å². The maximum Gasteiger partial charge on any atom is 0.251 e. The number of hydrogen-bond donors (Lipinski definition) is 2. The van der Waals surface area contributed by atoms with Gasteiger partial charge in [-0.3, -0.25) is 14.5 Å². The first-order valence-corrected chi connectivity index (χ1v) is 13.1. The van der Waals surface area contributed by atoms with E-state index in [1.807, 2.05) is 17.0 Å². The molecule has 2 atom stereocenters. The van der Waals surface area contributed by atoms with Crippen LogP contribution in [-0.2, 0) is 16.1 Å². The van der Waals surface area contributed by atoms with Gasteiger partial charge in [-0.2, -0.15) is 0 Å². The number of benzene rings is 2. The molecule has 10 heteroatoms. The predicted octanol–water partition coefficient (Wildman–Crippen LogP) is 2.43. The van der Waals surface area contributed by atoms with Gasteiger partial charge in [-0.15, -0.1) is 0 Å². The Bertz CT molecular complexity index is 1090. The SMILES string of the molecule is COCCCOc1cccc(CN2CCN(C(=O)C3CNCCC3NC(=O)c3ccc(F)c(F)c3)CC2)c1. The maximum absolute atomic E-state index is 13.6. The fourth-order valence-corrected chi connectivity index (χ4v) is 4.93. The third-order valence-electron chi connectivity index (χ3n) is 7.05. The summed E-state index contributed by atoms with van der Waals surface area (Å²) in [6.07, 6.45) is 1.41. The van der Waals surface area contributed by atoms with Crippen molar-refractivity contribution in [1.29, 1.82) is 0 Å².